The topological polar surface area (TPSA) is 0 Å². The van der Waals surface area contributed by atoms with Crippen molar-refractivity contribution >= 4 is 27.5 Å². The maximum Gasteiger partial charge on any atom is 0.0650 e. The third-order valence-corrected chi connectivity index (χ3v) is 4.35. The zero-order chi connectivity index (χ0) is 13.3. The monoisotopic (exact) mass is 322 g/mol. The van der Waals surface area contributed by atoms with Crippen LogP contribution in [0.5, 0.6) is 0 Å². The summed E-state index contributed by atoms with van der Waals surface area (Å²) in [6.07, 6.45) is 0. The zero-order valence-corrected chi connectivity index (χ0v) is 13.1. The van der Waals surface area contributed by atoms with Crippen molar-refractivity contribution in [2.24, 2.45) is 0 Å². The summed E-state index contributed by atoms with van der Waals surface area (Å²) >= 11 is 9.86. The highest BCUT2D eigenvalue weighted by atomic mass is 79.9. The molecule has 0 saturated heterocycles. The van der Waals surface area contributed by atoms with E-state index < -0.39 is 0 Å². The fourth-order valence-electron chi connectivity index (χ4n) is 2.42. The average molecular weight is 324 g/mol. The van der Waals surface area contributed by atoms with Crippen LogP contribution in [0.15, 0.2) is 36.4 Å². The van der Waals surface area contributed by atoms with Gasteiger partial charge in [-0.15, -0.1) is 0 Å². The van der Waals surface area contributed by atoms with Gasteiger partial charge in [0.05, 0.1) is 4.83 Å². The van der Waals surface area contributed by atoms with Gasteiger partial charge >= 0.3 is 0 Å². The summed E-state index contributed by atoms with van der Waals surface area (Å²) in [6, 6.07) is 12.5. The van der Waals surface area contributed by atoms with E-state index in [4.69, 9.17) is 11.6 Å². The molecular formula is C16H16BrCl. The first-order valence-corrected chi connectivity index (χ1v) is 7.25. The molecule has 0 saturated carbocycles. The highest BCUT2D eigenvalue weighted by molar-refractivity contribution is 9.09. The SMILES string of the molecule is Cc1cc(C)c(C(Br)c2cccc(Cl)c2)c(C)c1. The molecule has 0 N–H and O–H groups in total. The normalized spacial score (nSPS) is 12.5. The second kappa shape index (κ2) is 5.46. The second-order valence-corrected chi connectivity index (χ2v) is 6.08. The van der Waals surface area contributed by atoms with Gasteiger partial charge in [0, 0.05) is 5.02 Å². The minimum absolute atomic E-state index is 0.191. The van der Waals surface area contributed by atoms with Crippen LogP contribution >= 0.6 is 27.5 Å². The van der Waals surface area contributed by atoms with Gasteiger partial charge in [-0.05, 0) is 55.2 Å². The Balaban J connectivity index is 2.49. The van der Waals surface area contributed by atoms with Crippen molar-refractivity contribution in [1.29, 1.82) is 0 Å². The summed E-state index contributed by atoms with van der Waals surface area (Å²) in [5.74, 6) is 0. The third-order valence-electron chi connectivity index (χ3n) is 3.13. The van der Waals surface area contributed by atoms with E-state index in [0.29, 0.717) is 0 Å². The van der Waals surface area contributed by atoms with E-state index >= 15 is 0 Å². The van der Waals surface area contributed by atoms with Gasteiger partial charge in [0.25, 0.3) is 0 Å². The summed E-state index contributed by atoms with van der Waals surface area (Å²) in [5, 5.41) is 0.777. The second-order valence-electron chi connectivity index (χ2n) is 4.73. The summed E-state index contributed by atoms with van der Waals surface area (Å²) in [4.78, 5) is 0.191. The highest BCUT2D eigenvalue weighted by Gasteiger charge is 2.15. The summed E-state index contributed by atoms with van der Waals surface area (Å²) in [6.45, 7) is 6.45. The summed E-state index contributed by atoms with van der Waals surface area (Å²) in [5.41, 5.74) is 6.46. The number of hydrogen-bond donors (Lipinski definition) is 0. The van der Waals surface area contributed by atoms with E-state index in [1.165, 1.54) is 27.8 Å². The molecule has 0 amide bonds. The predicted octanol–water partition coefficient (Wildman–Crippen LogP) is 5.75. The Kier molecular flexibility index (Phi) is 4.14. The molecule has 2 heteroatoms. The van der Waals surface area contributed by atoms with E-state index in [1.807, 2.05) is 18.2 Å². The average Bonchev–Trinajstić information content (AvgIpc) is 2.27. The molecule has 1 unspecified atom stereocenters. The maximum atomic E-state index is 6.06. The van der Waals surface area contributed by atoms with E-state index in [1.54, 1.807) is 0 Å². The largest absolute Gasteiger partial charge is 0.0843 e. The Morgan fingerprint density at radius 2 is 1.61 bits per heavy atom. The molecule has 0 heterocycles. The number of aryl methyl sites for hydroxylation is 3. The minimum Gasteiger partial charge on any atom is -0.0843 e. The summed E-state index contributed by atoms with van der Waals surface area (Å²) in [7, 11) is 0. The molecule has 0 spiro atoms. The van der Waals surface area contributed by atoms with Crippen LogP contribution in [0.3, 0.4) is 0 Å². The van der Waals surface area contributed by atoms with Crippen molar-refractivity contribution in [3.8, 4) is 0 Å². The van der Waals surface area contributed by atoms with Crippen LogP contribution in [0.4, 0.5) is 0 Å². The Morgan fingerprint density at radius 3 is 2.17 bits per heavy atom. The molecule has 0 nitrogen and oxygen atoms in total. The van der Waals surface area contributed by atoms with Crippen LogP contribution in [0.2, 0.25) is 5.02 Å². The van der Waals surface area contributed by atoms with Crippen molar-refractivity contribution in [3.63, 3.8) is 0 Å². The molecule has 0 bridgehead atoms. The van der Waals surface area contributed by atoms with Crippen LogP contribution in [-0.4, -0.2) is 0 Å². The van der Waals surface area contributed by atoms with Crippen molar-refractivity contribution in [2.45, 2.75) is 25.6 Å². The zero-order valence-electron chi connectivity index (χ0n) is 10.8. The summed E-state index contributed by atoms with van der Waals surface area (Å²) < 4.78 is 0. The lowest BCUT2D eigenvalue weighted by molar-refractivity contribution is 1.10. The van der Waals surface area contributed by atoms with Crippen LogP contribution < -0.4 is 0 Å². The molecule has 2 aromatic rings. The molecule has 18 heavy (non-hydrogen) atoms. The van der Waals surface area contributed by atoms with Crippen LogP contribution in [0, 0.1) is 20.8 Å². The molecule has 0 aliphatic heterocycles. The molecule has 2 rings (SSSR count). The van der Waals surface area contributed by atoms with Crippen molar-refractivity contribution in [3.05, 3.63) is 69.2 Å². The lowest BCUT2D eigenvalue weighted by Gasteiger charge is -2.17. The first kappa shape index (κ1) is 13.6. The lowest BCUT2D eigenvalue weighted by Crippen LogP contribution is -2.00. The van der Waals surface area contributed by atoms with Gasteiger partial charge in [-0.2, -0.15) is 0 Å². The van der Waals surface area contributed by atoms with Crippen molar-refractivity contribution in [2.75, 3.05) is 0 Å². The van der Waals surface area contributed by atoms with Crippen LogP contribution in [0.25, 0.3) is 0 Å². The number of alkyl halides is 1. The highest BCUT2D eigenvalue weighted by Crippen LogP contribution is 2.36. The van der Waals surface area contributed by atoms with Gasteiger partial charge in [0.1, 0.15) is 0 Å². The van der Waals surface area contributed by atoms with Gasteiger partial charge < -0.3 is 0 Å². The van der Waals surface area contributed by atoms with Gasteiger partial charge in [-0.25, -0.2) is 0 Å². The lowest BCUT2D eigenvalue weighted by atomic mass is 9.94. The Morgan fingerprint density at radius 1 is 1.00 bits per heavy atom. The molecule has 1 atom stereocenters. The van der Waals surface area contributed by atoms with Gasteiger partial charge in [0.15, 0.2) is 0 Å². The molecule has 0 aromatic heterocycles. The number of rotatable bonds is 2. The van der Waals surface area contributed by atoms with Crippen molar-refractivity contribution in [1.82, 2.24) is 0 Å². The number of benzene rings is 2. The van der Waals surface area contributed by atoms with Crippen LogP contribution in [-0.2, 0) is 0 Å². The fourth-order valence-corrected chi connectivity index (χ4v) is 3.63. The Bertz CT molecular complexity index is 552. The van der Waals surface area contributed by atoms with E-state index in [2.05, 4.69) is 54.9 Å². The Labute approximate surface area is 122 Å². The minimum atomic E-state index is 0.191. The van der Waals surface area contributed by atoms with Crippen LogP contribution in [0.1, 0.15) is 32.6 Å². The van der Waals surface area contributed by atoms with Gasteiger partial charge in [0.2, 0.25) is 0 Å². The predicted molar refractivity (Wildman–Crippen MR) is 82.9 cm³/mol. The van der Waals surface area contributed by atoms with E-state index in [-0.39, 0.29) is 4.83 Å². The molecule has 94 valence electrons. The maximum absolute atomic E-state index is 6.06. The quantitative estimate of drug-likeness (QED) is 0.617. The molecule has 0 fully saturated rings. The molecular weight excluding hydrogens is 308 g/mol. The molecule has 2 aromatic carbocycles. The molecule has 0 radical (unpaired) electrons. The number of hydrogen-bond acceptors (Lipinski definition) is 0. The van der Waals surface area contributed by atoms with Gasteiger partial charge in [-0.1, -0.05) is 57.4 Å². The molecule has 0 aliphatic rings. The van der Waals surface area contributed by atoms with Crippen molar-refractivity contribution < 1.29 is 0 Å². The number of halogens is 2. The van der Waals surface area contributed by atoms with Gasteiger partial charge in [-0.3, -0.25) is 0 Å². The smallest absolute Gasteiger partial charge is 0.0650 e. The Hall–Kier alpha value is -0.790. The fraction of sp³-hybridized carbons (Fsp3) is 0.250. The van der Waals surface area contributed by atoms with E-state index in [9.17, 15) is 0 Å². The standard InChI is InChI=1S/C16H16BrCl/c1-10-7-11(2)15(12(3)8-10)16(17)13-5-4-6-14(18)9-13/h4-9,16H,1-3H3. The molecule has 0 aliphatic carbocycles. The first-order chi connectivity index (χ1) is 8.49. The third kappa shape index (κ3) is 2.78. The first-order valence-electron chi connectivity index (χ1n) is 5.96. The van der Waals surface area contributed by atoms with E-state index in [0.717, 1.165) is 5.02 Å².